The largest absolute Gasteiger partial charge is 0.370 e. The van der Waals surface area contributed by atoms with Crippen LogP contribution in [0.25, 0.3) is 0 Å². The summed E-state index contributed by atoms with van der Waals surface area (Å²) in [5.41, 5.74) is 3.87. The van der Waals surface area contributed by atoms with Crippen molar-refractivity contribution in [2.75, 3.05) is 17.2 Å². The third-order valence-electron chi connectivity index (χ3n) is 4.12. The number of aromatic nitrogens is 2. The molecule has 0 atom stereocenters. The van der Waals surface area contributed by atoms with Gasteiger partial charge in [0.25, 0.3) is 0 Å². The molecule has 1 heterocycles. The predicted octanol–water partition coefficient (Wildman–Crippen LogP) is 4.36. The van der Waals surface area contributed by atoms with Crippen LogP contribution in [-0.2, 0) is 13.0 Å². The molecule has 2 aromatic carbocycles. The van der Waals surface area contributed by atoms with Crippen LogP contribution in [0, 0.1) is 13.8 Å². The van der Waals surface area contributed by atoms with E-state index in [9.17, 15) is 0 Å². The van der Waals surface area contributed by atoms with E-state index in [1.165, 1.54) is 16.7 Å². The van der Waals surface area contributed by atoms with Crippen molar-refractivity contribution in [3.63, 3.8) is 0 Å². The highest BCUT2D eigenvalue weighted by molar-refractivity contribution is 5.48. The van der Waals surface area contributed by atoms with Gasteiger partial charge in [-0.25, -0.2) is 9.97 Å². The fourth-order valence-corrected chi connectivity index (χ4v) is 2.72. The van der Waals surface area contributed by atoms with Gasteiger partial charge in [-0.15, -0.1) is 0 Å². The maximum atomic E-state index is 4.48. The van der Waals surface area contributed by atoms with E-state index < -0.39 is 0 Å². The molecule has 25 heavy (non-hydrogen) atoms. The van der Waals surface area contributed by atoms with E-state index >= 15 is 0 Å². The number of anilines is 2. The predicted molar refractivity (Wildman–Crippen MR) is 104 cm³/mol. The van der Waals surface area contributed by atoms with Crippen molar-refractivity contribution < 1.29 is 0 Å². The van der Waals surface area contributed by atoms with Crippen LogP contribution >= 0.6 is 0 Å². The van der Waals surface area contributed by atoms with Crippen LogP contribution in [-0.4, -0.2) is 16.5 Å². The normalized spacial score (nSPS) is 10.5. The molecule has 0 amide bonds. The van der Waals surface area contributed by atoms with Crippen LogP contribution in [0.15, 0.2) is 60.7 Å². The van der Waals surface area contributed by atoms with Gasteiger partial charge >= 0.3 is 0 Å². The molecule has 0 aliphatic carbocycles. The van der Waals surface area contributed by atoms with E-state index in [0.29, 0.717) is 0 Å². The second-order valence-corrected chi connectivity index (χ2v) is 6.13. The number of aryl methyl sites for hydroxylation is 2. The maximum Gasteiger partial charge on any atom is 0.132 e. The maximum absolute atomic E-state index is 4.48. The topological polar surface area (TPSA) is 49.8 Å². The first-order valence-electron chi connectivity index (χ1n) is 8.62. The minimum atomic E-state index is 0.757. The highest BCUT2D eigenvalue weighted by Gasteiger charge is 2.03. The summed E-state index contributed by atoms with van der Waals surface area (Å²) in [6.45, 7) is 5.64. The van der Waals surface area contributed by atoms with Gasteiger partial charge in [-0.2, -0.15) is 0 Å². The molecule has 0 bridgehead atoms. The van der Waals surface area contributed by atoms with E-state index in [0.717, 1.165) is 37.0 Å². The lowest BCUT2D eigenvalue weighted by Crippen LogP contribution is -2.09. The van der Waals surface area contributed by atoms with Crippen LogP contribution in [0.5, 0.6) is 0 Å². The zero-order chi connectivity index (χ0) is 17.5. The average molecular weight is 332 g/mol. The lowest BCUT2D eigenvalue weighted by Gasteiger charge is -2.11. The molecule has 3 aromatic rings. The standard InChI is InChI=1S/C21H24N4/c1-16-8-6-7-11-19(16)15-23-21-14-20(24-17(2)25-21)22-13-12-18-9-4-3-5-10-18/h3-11,14H,12-13,15H2,1-2H3,(H2,22,23,24,25). The van der Waals surface area contributed by atoms with Crippen LogP contribution in [0.3, 0.4) is 0 Å². The summed E-state index contributed by atoms with van der Waals surface area (Å²) in [6, 6.07) is 20.8. The van der Waals surface area contributed by atoms with E-state index in [1.54, 1.807) is 0 Å². The highest BCUT2D eigenvalue weighted by atomic mass is 15.1. The van der Waals surface area contributed by atoms with Crippen LogP contribution in [0.1, 0.15) is 22.5 Å². The average Bonchev–Trinajstić information content (AvgIpc) is 2.62. The van der Waals surface area contributed by atoms with Crippen LogP contribution in [0.4, 0.5) is 11.6 Å². The molecule has 0 aliphatic rings. The number of hydrogen-bond donors (Lipinski definition) is 2. The molecule has 1 aromatic heterocycles. The SMILES string of the molecule is Cc1nc(NCCc2ccccc2)cc(NCc2ccccc2C)n1. The summed E-state index contributed by atoms with van der Waals surface area (Å²) in [4.78, 5) is 8.96. The zero-order valence-electron chi connectivity index (χ0n) is 14.8. The van der Waals surface area contributed by atoms with Crippen LogP contribution < -0.4 is 10.6 Å². The molecule has 128 valence electrons. The molecule has 3 rings (SSSR count). The third kappa shape index (κ3) is 5.05. The van der Waals surface area contributed by atoms with Crippen molar-refractivity contribution in [2.24, 2.45) is 0 Å². The molecule has 0 fully saturated rings. The molecule has 0 saturated heterocycles. The second-order valence-electron chi connectivity index (χ2n) is 6.13. The number of benzene rings is 2. The molecule has 0 aliphatic heterocycles. The van der Waals surface area contributed by atoms with Crippen molar-refractivity contribution in [3.8, 4) is 0 Å². The van der Waals surface area contributed by atoms with E-state index in [1.807, 2.05) is 19.1 Å². The van der Waals surface area contributed by atoms with Gasteiger partial charge in [0.05, 0.1) is 0 Å². The summed E-state index contributed by atoms with van der Waals surface area (Å²) in [5, 5.41) is 6.79. The number of rotatable bonds is 7. The van der Waals surface area contributed by atoms with Gasteiger partial charge in [0.2, 0.25) is 0 Å². The van der Waals surface area contributed by atoms with Gasteiger partial charge in [0, 0.05) is 19.2 Å². The lowest BCUT2D eigenvalue weighted by molar-refractivity contribution is 0.974. The quantitative estimate of drug-likeness (QED) is 0.675. The number of nitrogens with zero attached hydrogens (tertiary/aromatic N) is 2. The highest BCUT2D eigenvalue weighted by Crippen LogP contribution is 2.14. The van der Waals surface area contributed by atoms with E-state index in [2.05, 4.69) is 76.1 Å². The summed E-state index contributed by atoms with van der Waals surface area (Å²) in [5.74, 6) is 2.46. The molecule has 4 nitrogen and oxygen atoms in total. The van der Waals surface area contributed by atoms with Crippen molar-refractivity contribution >= 4 is 11.6 Å². The van der Waals surface area contributed by atoms with Gasteiger partial charge in [-0.3, -0.25) is 0 Å². The molecule has 2 N–H and O–H groups in total. The zero-order valence-corrected chi connectivity index (χ0v) is 14.8. The Hall–Kier alpha value is -2.88. The lowest BCUT2D eigenvalue weighted by atomic mass is 10.1. The fourth-order valence-electron chi connectivity index (χ4n) is 2.72. The number of nitrogens with one attached hydrogen (secondary N) is 2. The first-order chi connectivity index (χ1) is 12.2. The smallest absolute Gasteiger partial charge is 0.132 e. The summed E-state index contributed by atoms with van der Waals surface area (Å²) in [7, 11) is 0. The van der Waals surface area contributed by atoms with Gasteiger partial charge in [0.1, 0.15) is 17.5 Å². The van der Waals surface area contributed by atoms with Gasteiger partial charge in [0.15, 0.2) is 0 Å². The van der Waals surface area contributed by atoms with Gasteiger partial charge in [-0.1, -0.05) is 54.6 Å². The third-order valence-corrected chi connectivity index (χ3v) is 4.12. The van der Waals surface area contributed by atoms with Crippen molar-refractivity contribution in [1.29, 1.82) is 0 Å². The van der Waals surface area contributed by atoms with Crippen molar-refractivity contribution in [1.82, 2.24) is 9.97 Å². The molecule has 0 saturated carbocycles. The molecule has 0 spiro atoms. The van der Waals surface area contributed by atoms with Gasteiger partial charge < -0.3 is 10.6 Å². The Kier molecular flexibility index (Phi) is 5.62. The summed E-state index contributed by atoms with van der Waals surface area (Å²) >= 11 is 0. The monoisotopic (exact) mass is 332 g/mol. The van der Waals surface area contributed by atoms with Crippen molar-refractivity contribution in [2.45, 2.75) is 26.8 Å². The Morgan fingerprint density at radius 1 is 0.800 bits per heavy atom. The minimum Gasteiger partial charge on any atom is -0.370 e. The number of hydrogen-bond acceptors (Lipinski definition) is 4. The van der Waals surface area contributed by atoms with Crippen LogP contribution in [0.2, 0.25) is 0 Å². The fraction of sp³-hybridized carbons (Fsp3) is 0.238. The first kappa shape index (κ1) is 17.0. The first-order valence-corrected chi connectivity index (χ1v) is 8.62. The second kappa shape index (κ2) is 8.29. The Balaban J connectivity index is 1.59. The summed E-state index contributed by atoms with van der Waals surface area (Å²) in [6.07, 6.45) is 0.968. The van der Waals surface area contributed by atoms with Crippen molar-refractivity contribution in [3.05, 3.63) is 83.2 Å². The Labute approximate surface area is 149 Å². The van der Waals surface area contributed by atoms with Gasteiger partial charge in [-0.05, 0) is 37.0 Å². The Bertz CT molecular complexity index is 815. The Morgan fingerprint density at radius 3 is 2.24 bits per heavy atom. The molecular weight excluding hydrogens is 308 g/mol. The summed E-state index contributed by atoms with van der Waals surface area (Å²) < 4.78 is 0. The molecule has 4 heteroatoms. The Morgan fingerprint density at radius 2 is 1.48 bits per heavy atom. The minimum absolute atomic E-state index is 0.757. The van der Waals surface area contributed by atoms with E-state index in [4.69, 9.17) is 0 Å². The molecule has 0 unspecified atom stereocenters. The van der Waals surface area contributed by atoms with E-state index in [-0.39, 0.29) is 0 Å². The molecule has 0 radical (unpaired) electrons. The molecular formula is C21H24N4.